The first-order valence-corrected chi connectivity index (χ1v) is 4.53. The Labute approximate surface area is 101 Å². The minimum atomic E-state index is -5.08. The van der Waals surface area contributed by atoms with Crippen molar-refractivity contribution in [3.8, 4) is 5.88 Å². The number of halogens is 3. The minimum absolute atomic E-state index is 0.616. The van der Waals surface area contributed by atoms with Crippen LogP contribution in [0.3, 0.4) is 0 Å². The number of carboxylic acids is 1. The quantitative estimate of drug-likeness (QED) is 0.550. The van der Waals surface area contributed by atoms with Crippen LogP contribution in [0, 0.1) is 0 Å². The van der Waals surface area contributed by atoms with Crippen molar-refractivity contribution >= 4 is 5.97 Å². The summed E-state index contributed by atoms with van der Waals surface area (Å²) in [6.07, 6.45) is -3.36. The number of rotatable bonds is 3. The van der Waals surface area contributed by atoms with E-state index in [2.05, 4.69) is 10.4 Å². The van der Waals surface area contributed by atoms with Gasteiger partial charge in [-0.25, -0.2) is 9.78 Å². The van der Waals surface area contributed by atoms with Crippen LogP contribution >= 0.6 is 0 Å². The normalized spacial score (nSPS) is 10.3. The van der Waals surface area contributed by atoms with Gasteiger partial charge in [-0.1, -0.05) is 6.07 Å². The number of nitrogens with one attached hydrogen (secondary N) is 1. The first-order valence-electron chi connectivity index (χ1n) is 4.53. The SMILES string of the molecule is COc1ccc(CNN)cn1.O=C(O)C(F)(F)F. The molecule has 1 aromatic heterocycles. The maximum absolute atomic E-state index is 10.6. The highest BCUT2D eigenvalue weighted by atomic mass is 19.4. The molecule has 0 spiro atoms. The van der Waals surface area contributed by atoms with Crippen LogP contribution in [0.5, 0.6) is 5.88 Å². The fourth-order valence-corrected chi connectivity index (χ4v) is 0.754. The predicted molar refractivity (Wildman–Crippen MR) is 55.5 cm³/mol. The standard InChI is InChI=1S/C7H11N3O.C2HF3O2/c1-11-7-3-2-6(4-9-7)5-10-8;3-2(4,5)1(6)7/h2-4,10H,5,8H2,1H3;(H,6,7). The highest BCUT2D eigenvalue weighted by Crippen LogP contribution is 2.13. The number of hydrogen-bond donors (Lipinski definition) is 3. The highest BCUT2D eigenvalue weighted by Gasteiger charge is 2.38. The highest BCUT2D eigenvalue weighted by molar-refractivity contribution is 5.73. The number of nitrogens with zero attached hydrogens (tertiary/aromatic N) is 1. The maximum atomic E-state index is 10.6. The number of aromatic nitrogens is 1. The topological polar surface area (TPSA) is 97.5 Å². The fourth-order valence-electron chi connectivity index (χ4n) is 0.754. The molecule has 0 radical (unpaired) electrons. The second kappa shape index (κ2) is 7.45. The summed E-state index contributed by atoms with van der Waals surface area (Å²) in [5.41, 5.74) is 3.58. The van der Waals surface area contributed by atoms with E-state index in [1.54, 1.807) is 19.4 Å². The molecule has 0 saturated heterocycles. The lowest BCUT2D eigenvalue weighted by Crippen LogP contribution is -2.21. The monoisotopic (exact) mass is 267 g/mol. The molecule has 0 bridgehead atoms. The van der Waals surface area contributed by atoms with Crippen molar-refractivity contribution in [1.82, 2.24) is 10.4 Å². The van der Waals surface area contributed by atoms with Gasteiger partial charge in [0.2, 0.25) is 5.88 Å². The molecule has 0 aliphatic heterocycles. The van der Waals surface area contributed by atoms with Crippen molar-refractivity contribution in [2.45, 2.75) is 12.7 Å². The number of hydrogen-bond acceptors (Lipinski definition) is 5. The lowest BCUT2D eigenvalue weighted by Gasteiger charge is -2.00. The molecule has 0 fully saturated rings. The smallest absolute Gasteiger partial charge is 0.481 e. The summed E-state index contributed by atoms with van der Waals surface area (Å²) in [7, 11) is 1.59. The Kier molecular flexibility index (Phi) is 6.68. The molecule has 4 N–H and O–H groups in total. The molecule has 18 heavy (non-hydrogen) atoms. The Hall–Kier alpha value is -1.87. The van der Waals surface area contributed by atoms with Crippen LogP contribution in [-0.2, 0) is 11.3 Å². The van der Waals surface area contributed by atoms with Gasteiger partial charge in [-0.3, -0.25) is 11.3 Å². The van der Waals surface area contributed by atoms with E-state index in [1.165, 1.54) is 0 Å². The summed E-state index contributed by atoms with van der Waals surface area (Å²) in [5, 5.41) is 7.12. The van der Waals surface area contributed by atoms with Crippen molar-refractivity contribution in [2.75, 3.05) is 7.11 Å². The van der Waals surface area contributed by atoms with Crippen LogP contribution in [-0.4, -0.2) is 29.3 Å². The molecule has 0 atom stereocenters. The average molecular weight is 267 g/mol. The number of nitrogens with two attached hydrogens (primary N) is 1. The summed E-state index contributed by atoms with van der Waals surface area (Å²) < 4.78 is 36.6. The molecule has 6 nitrogen and oxygen atoms in total. The number of pyridine rings is 1. The zero-order chi connectivity index (χ0) is 14.2. The van der Waals surface area contributed by atoms with E-state index >= 15 is 0 Å². The van der Waals surface area contributed by atoms with Crippen LogP contribution in [0.4, 0.5) is 13.2 Å². The molecule has 0 amide bonds. The summed E-state index contributed by atoms with van der Waals surface area (Å²) in [4.78, 5) is 12.9. The summed E-state index contributed by atoms with van der Waals surface area (Å²) >= 11 is 0. The van der Waals surface area contributed by atoms with E-state index in [0.29, 0.717) is 12.4 Å². The summed E-state index contributed by atoms with van der Waals surface area (Å²) in [6.45, 7) is 0.622. The van der Waals surface area contributed by atoms with Crippen LogP contribution in [0.2, 0.25) is 0 Å². The summed E-state index contributed by atoms with van der Waals surface area (Å²) in [6, 6.07) is 3.71. The van der Waals surface area contributed by atoms with E-state index in [-0.39, 0.29) is 0 Å². The molecular formula is C9H12F3N3O3. The van der Waals surface area contributed by atoms with Crippen molar-refractivity contribution in [3.63, 3.8) is 0 Å². The number of carbonyl (C=O) groups is 1. The van der Waals surface area contributed by atoms with Gasteiger partial charge in [0.25, 0.3) is 0 Å². The molecule has 102 valence electrons. The number of methoxy groups -OCH3 is 1. The molecule has 1 rings (SSSR count). The van der Waals surface area contributed by atoms with Crippen LogP contribution in [0.1, 0.15) is 5.56 Å². The Morgan fingerprint density at radius 2 is 2.11 bits per heavy atom. The molecule has 0 aliphatic rings. The third-order valence-corrected chi connectivity index (χ3v) is 1.56. The number of ether oxygens (including phenoxy) is 1. The van der Waals surface area contributed by atoms with Gasteiger partial charge in [-0.15, -0.1) is 0 Å². The molecule has 0 aliphatic carbocycles. The Morgan fingerprint density at radius 3 is 2.39 bits per heavy atom. The largest absolute Gasteiger partial charge is 0.490 e. The van der Waals surface area contributed by atoms with Gasteiger partial charge in [0.05, 0.1) is 7.11 Å². The van der Waals surface area contributed by atoms with Gasteiger partial charge >= 0.3 is 12.1 Å². The third kappa shape index (κ3) is 6.66. The van der Waals surface area contributed by atoms with Gasteiger partial charge in [-0.05, 0) is 5.56 Å². The van der Waals surface area contributed by atoms with Crippen molar-refractivity contribution in [1.29, 1.82) is 0 Å². The molecule has 1 aromatic rings. The number of alkyl halides is 3. The zero-order valence-electron chi connectivity index (χ0n) is 9.36. The lowest BCUT2D eigenvalue weighted by molar-refractivity contribution is -0.192. The lowest BCUT2D eigenvalue weighted by atomic mass is 10.3. The molecular weight excluding hydrogens is 255 g/mol. The predicted octanol–water partition coefficient (Wildman–Crippen LogP) is 0.687. The van der Waals surface area contributed by atoms with Crippen molar-refractivity contribution in [2.24, 2.45) is 5.84 Å². The van der Waals surface area contributed by atoms with E-state index in [1.807, 2.05) is 6.07 Å². The van der Waals surface area contributed by atoms with Crippen LogP contribution < -0.4 is 16.0 Å². The van der Waals surface area contributed by atoms with Gasteiger partial charge in [0.1, 0.15) is 0 Å². The third-order valence-electron chi connectivity index (χ3n) is 1.56. The van der Waals surface area contributed by atoms with Crippen molar-refractivity contribution < 1.29 is 27.8 Å². The number of aliphatic carboxylic acids is 1. The number of carboxylic acid groups (broad SMARTS) is 1. The van der Waals surface area contributed by atoms with Gasteiger partial charge in [0, 0.05) is 18.8 Å². The molecule has 0 saturated carbocycles. The van der Waals surface area contributed by atoms with Gasteiger partial charge in [-0.2, -0.15) is 13.2 Å². The average Bonchev–Trinajstić information content (AvgIpc) is 2.30. The first kappa shape index (κ1) is 16.1. The van der Waals surface area contributed by atoms with E-state index < -0.39 is 12.1 Å². The van der Waals surface area contributed by atoms with E-state index in [4.69, 9.17) is 20.5 Å². The molecule has 0 aromatic carbocycles. The zero-order valence-corrected chi connectivity index (χ0v) is 9.36. The second-order valence-electron chi connectivity index (χ2n) is 2.89. The van der Waals surface area contributed by atoms with Crippen molar-refractivity contribution in [3.05, 3.63) is 23.9 Å². The molecule has 9 heteroatoms. The maximum Gasteiger partial charge on any atom is 0.490 e. The van der Waals surface area contributed by atoms with E-state index in [9.17, 15) is 13.2 Å². The Bertz CT molecular complexity index is 368. The fraction of sp³-hybridized carbons (Fsp3) is 0.333. The summed E-state index contributed by atoms with van der Waals surface area (Å²) in [5.74, 6) is 2.98. The van der Waals surface area contributed by atoms with Crippen LogP contribution in [0.25, 0.3) is 0 Å². The van der Waals surface area contributed by atoms with Gasteiger partial charge in [0.15, 0.2) is 0 Å². The molecule has 1 heterocycles. The Morgan fingerprint density at radius 1 is 1.56 bits per heavy atom. The van der Waals surface area contributed by atoms with E-state index in [0.717, 1.165) is 5.56 Å². The number of hydrazine groups is 1. The molecule has 0 unspecified atom stereocenters. The van der Waals surface area contributed by atoms with Crippen LogP contribution in [0.15, 0.2) is 18.3 Å². The minimum Gasteiger partial charge on any atom is -0.481 e. The first-order chi connectivity index (χ1) is 8.31. The Balaban J connectivity index is 0.000000360. The second-order valence-corrected chi connectivity index (χ2v) is 2.89. The van der Waals surface area contributed by atoms with Gasteiger partial charge < -0.3 is 9.84 Å².